The molecule has 2 N–H and O–H groups in total. The average molecular weight is 481 g/mol. The molecule has 3 unspecified atom stereocenters. The second-order valence-corrected chi connectivity index (χ2v) is 9.34. The van der Waals surface area contributed by atoms with E-state index >= 15 is 0 Å². The van der Waals surface area contributed by atoms with Crippen molar-refractivity contribution in [3.05, 3.63) is 59.7 Å². The quantitative estimate of drug-likeness (QED) is 0.598. The number of benzene rings is 2. The molecule has 4 rings (SSSR count). The maximum Gasteiger partial charge on any atom is 0.407 e. The van der Waals surface area contributed by atoms with Gasteiger partial charge in [-0.2, -0.15) is 0 Å². The fourth-order valence-electron chi connectivity index (χ4n) is 5.15. The van der Waals surface area contributed by atoms with Crippen LogP contribution in [0, 0.1) is 5.41 Å². The maximum atomic E-state index is 13.3. The van der Waals surface area contributed by atoms with Gasteiger partial charge in [0, 0.05) is 26.1 Å². The van der Waals surface area contributed by atoms with Gasteiger partial charge in [0.25, 0.3) is 0 Å². The van der Waals surface area contributed by atoms with E-state index in [-0.39, 0.29) is 25.0 Å². The lowest BCUT2D eigenvalue weighted by atomic mass is 9.84. The lowest BCUT2D eigenvalue weighted by Crippen LogP contribution is -2.54. The van der Waals surface area contributed by atoms with Crippen molar-refractivity contribution in [3.63, 3.8) is 0 Å². The molecule has 8 heteroatoms. The van der Waals surface area contributed by atoms with Crippen molar-refractivity contribution in [1.29, 1.82) is 0 Å². The van der Waals surface area contributed by atoms with Crippen molar-refractivity contribution >= 4 is 18.0 Å². The van der Waals surface area contributed by atoms with Gasteiger partial charge >= 0.3 is 12.1 Å². The minimum Gasteiger partial charge on any atom is -0.481 e. The molecule has 0 aromatic heterocycles. The van der Waals surface area contributed by atoms with E-state index < -0.39 is 29.6 Å². The Morgan fingerprint density at radius 3 is 2.23 bits per heavy atom. The number of rotatable bonds is 8. The number of nitrogens with zero attached hydrogens (tertiary/aromatic N) is 1. The van der Waals surface area contributed by atoms with Gasteiger partial charge in [-0.25, -0.2) is 4.79 Å². The molecule has 1 fully saturated rings. The minimum absolute atomic E-state index is 0.0959. The van der Waals surface area contributed by atoms with Gasteiger partial charge < -0.3 is 24.8 Å². The zero-order valence-electron chi connectivity index (χ0n) is 20.3. The number of carbonyl (C=O) groups is 3. The highest BCUT2D eigenvalue weighted by Crippen LogP contribution is 2.44. The van der Waals surface area contributed by atoms with E-state index in [0.29, 0.717) is 19.4 Å². The Kier molecular flexibility index (Phi) is 7.12. The van der Waals surface area contributed by atoms with Crippen molar-refractivity contribution in [2.75, 3.05) is 26.8 Å². The predicted octanol–water partition coefficient (Wildman–Crippen LogP) is 3.64. The number of carboxylic acid groups (broad SMARTS) is 1. The Morgan fingerprint density at radius 1 is 1.11 bits per heavy atom. The normalized spacial score (nSPS) is 20.6. The molecule has 1 aliphatic carbocycles. The van der Waals surface area contributed by atoms with Crippen molar-refractivity contribution < 1.29 is 29.0 Å². The Morgan fingerprint density at radius 2 is 1.71 bits per heavy atom. The summed E-state index contributed by atoms with van der Waals surface area (Å²) in [6.45, 7) is 4.05. The minimum atomic E-state index is -0.989. The summed E-state index contributed by atoms with van der Waals surface area (Å²) >= 11 is 0. The monoisotopic (exact) mass is 480 g/mol. The van der Waals surface area contributed by atoms with Crippen LogP contribution in [0.1, 0.15) is 43.7 Å². The van der Waals surface area contributed by atoms with Crippen LogP contribution >= 0.6 is 0 Å². The summed E-state index contributed by atoms with van der Waals surface area (Å²) in [5, 5.41) is 12.3. The molecule has 0 saturated carbocycles. The van der Waals surface area contributed by atoms with Gasteiger partial charge in [-0.3, -0.25) is 9.59 Å². The topological polar surface area (TPSA) is 105 Å². The first-order valence-corrected chi connectivity index (χ1v) is 12.0. The van der Waals surface area contributed by atoms with Crippen LogP contribution in [0.4, 0.5) is 4.79 Å². The number of carboxylic acids is 1. The predicted molar refractivity (Wildman–Crippen MR) is 130 cm³/mol. The first-order chi connectivity index (χ1) is 16.8. The molecule has 0 radical (unpaired) electrons. The largest absolute Gasteiger partial charge is 0.481 e. The van der Waals surface area contributed by atoms with E-state index in [2.05, 4.69) is 17.4 Å². The van der Waals surface area contributed by atoms with E-state index in [4.69, 9.17) is 9.47 Å². The molecule has 0 bridgehead atoms. The highest BCUT2D eigenvalue weighted by atomic mass is 16.5. The molecule has 8 nitrogen and oxygen atoms in total. The standard InChI is InChI=1S/C27H32N2O6/c1-4-27(25(31)32)13-14-29(16-27)24(30)23(17(2)34-3)28-26(33)35-15-22-20-11-7-5-9-18(20)19-10-6-8-12-21(19)22/h5-12,17,22-23H,4,13-16H2,1-3H3,(H,28,33)(H,31,32). The summed E-state index contributed by atoms with van der Waals surface area (Å²) in [4.78, 5) is 39.4. The fourth-order valence-corrected chi connectivity index (χ4v) is 5.15. The zero-order valence-corrected chi connectivity index (χ0v) is 20.3. The number of amides is 2. The zero-order chi connectivity index (χ0) is 25.2. The number of methoxy groups -OCH3 is 1. The highest BCUT2D eigenvalue weighted by Gasteiger charge is 2.46. The second-order valence-electron chi connectivity index (χ2n) is 9.34. The smallest absolute Gasteiger partial charge is 0.407 e. The number of fused-ring (bicyclic) bond motifs is 3. The third-order valence-electron chi connectivity index (χ3n) is 7.52. The van der Waals surface area contributed by atoms with Crippen LogP contribution in [0.25, 0.3) is 11.1 Å². The molecular formula is C27H32N2O6. The average Bonchev–Trinajstić information content (AvgIpc) is 3.46. The Labute approximate surface area is 205 Å². The Balaban J connectivity index is 1.44. The van der Waals surface area contributed by atoms with Crippen molar-refractivity contribution in [2.45, 2.75) is 44.8 Å². The third kappa shape index (κ3) is 4.62. The van der Waals surface area contributed by atoms with Gasteiger partial charge in [-0.15, -0.1) is 0 Å². The molecule has 1 aliphatic heterocycles. The SMILES string of the molecule is CCC1(C(=O)O)CCN(C(=O)C(NC(=O)OCC2c3ccccc3-c3ccccc32)C(C)OC)C1. The number of alkyl carbamates (subject to hydrolysis) is 1. The van der Waals surface area contributed by atoms with Gasteiger partial charge in [-0.1, -0.05) is 55.5 Å². The van der Waals surface area contributed by atoms with Crippen LogP contribution in [-0.4, -0.2) is 66.9 Å². The third-order valence-corrected chi connectivity index (χ3v) is 7.52. The molecule has 35 heavy (non-hydrogen) atoms. The van der Waals surface area contributed by atoms with Gasteiger partial charge in [0.1, 0.15) is 12.6 Å². The van der Waals surface area contributed by atoms with Crippen molar-refractivity contribution in [3.8, 4) is 11.1 Å². The number of hydrogen-bond donors (Lipinski definition) is 2. The summed E-state index contributed by atoms with van der Waals surface area (Å²) in [5.74, 6) is -1.37. The highest BCUT2D eigenvalue weighted by molar-refractivity contribution is 5.88. The summed E-state index contributed by atoms with van der Waals surface area (Å²) < 4.78 is 11.0. The summed E-state index contributed by atoms with van der Waals surface area (Å²) in [6.07, 6.45) is -0.530. The van der Waals surface area contributed by atoms with Gasteiger partial charge in [-0.05, 0) is 42.0 Å². The van der Waals surface area contributed by atoms with Crippen LogP contribution < -0.4 is 5.32 Å². The van der Waals surface area contributed by atoms with Crippen LogP contribution in [0.2, 0.25) is 0 Å². The van der Waals surface area contributed by atoms with Crippen LogP contribution in [0.3, 0.4) is 0 Å². The summed E-state index contributed by atoms with van der Waals surface area (Å²) in [5.41, 5.74) is 3.50. The maximum absolute atomic E-state index is 13.3. The number of nitrogens with one attached hydrogen (secondary N) is 1. The Hall–Kier alpha value is -3.39. The van der Waals surface area contributed by atoms with E-state index in [0.717, 1.165) is 22.3 Å². The molecule has 3 atom stereocenters. The first kappa shape index (κ1) is 24.7. The van der Waals surface area contributed by atoms with Gasteiger partial charge in [0.15, 0.2) is 0 Å². The number of aliphatic carboxylic acids is 1. The molecule has 2 aromatic rings. The summed E-state index contributed by atoms with van der Waals surface area (Å²) in [7, 11) is 1.46. The van der Waals surface area contributed by atoms with Crippen LogP contribution in [-0.2, 0) is 19.1 Å². The van der Waals surface area contributed by atoms with Gasteiger partial charge in [0.2, 0.25) is 5.91 Å². The van der Waals surface area contributed by atoms with E-state index in [1.807, 2.05) is 43.3 Å². The molecule has 1 heterocycles. The Bertz CT molecular complexity index is 1070. The summed E-state index contributed by atoms with van der Waals surface area (Å²) in [6, 6.07) is 15.1. The van der Waals surface area contributed by atoms with E-state index in [1.165, 1.54) is 12.0 Å². The molecule has 2 amide bonds. The van der Waals surface area contributed by atoms with E-state index in [9.17, 15) is 19.5 Å². The second kappa shape index (κ2) is 10.1. The number of hydrogen-bond acceptors (Lipinski definition) is 5. The molecule has 1 saturated heterocycles. The van der Waals surface area contributed by atoms with Crippen LogP contribution in [0.15, 0.2) is 48.5 Å². The van der Waals surface area contributed by atoms with Crippen molar-refractivity contribution in [1.82, 2.24) is 10.2 Å². The molecule has 2 aromatic carbocycles. The number of carbonyl (C=O) groups excluding carboxylic acids is 2. The van der Waals surface area contributed by atoms with Crippen LogP contribution in [0.5, 0.6) is 0 Å². The van der Waals surface area contributed by atoms with E-state index in [1.54, 1.807) is 6.92 Å². The molecule has 0 spiro atoms. The first-order valence-electron chi connectivity index (χ1n) is 12.0. The number of ether oxygens (including phenoxy) is 2. The number of likely N-dealkylation sites (tertiary alicyclic amines) is 1. The molecule has 186 valence electrons. The lowest BCUT2D eigenvalue weighted by molar-refractivity contribution is -0.149. The molecular weight excluding hydrogens is 448 g/mol. The lowest BCUT2D eigenvalue weighted by Gasteiger charge is -2.29. The molecule has 2 aliphatic rings. The van der Waals surface area contributed by atoms with Crippen molar-refractivity contribution in [2.24, 2.45) is 5.41 Å². The van der Waals surface area contributed by atoms with Gasteiger partial charge in [0.05, 0.1) is 11.5 Å². The fraction of sp³-hybridized carbons (Fsp3) is 0.444.